The average molecular weight is 214 g/mol. The van der Waals surface area contributed by atoms with E-state index in [0.29, 0.717) is 5.69 Å². The van der Waals surface area contributed by atoms with E-state index in [1.165, 1.54) is 0 Å². The summed E-state index contributed by atoms with van der Waals surface area (Å²) in [7, 11) is -3.38. The minimum Gasteiger partial charge on any atom is -0.233 e. The largest absolute Gasteiger partial charge is 0.245 e. The lowest BCUT2D eigenvalue weighted by Gasteiger charge is -2.18. The first-order valence-corrected chi connectivity index (χ1v) is 5.99. The fourth-order valence-corrected chi connectivity index (χ4v) is 1.79. The van der Waals surface area contributed by atoms with Crippen LogP contribution in [0.2, 0.25) is 0 Å². The Morgan fingerprint density at radius 3 is 2.29 bits per heavy atom. The Bertz CT molecular complexity index is 440. The Hall–Kier alpha value is -1.07. The van der Waals surface area contributed by atoms with Crippen LogP contribution in [0.4, 0.5) is 5.69 Å². The van der Waals surface area contributed by atoms with Gasteiger partial charge in [-0.2, -0.15) is 0 Å². The molecule has 0 spiro atoms. The molecule has 0 aliphatic heterocycles. The van der Waals surface area contributed by atoms with Gasteiger partial charge in [-0.1, -0.05) is 17.7 Å². The van der Waals surface area contributed by atoms with Crippen LogP contribution in [0.25, 0.3) is 0 Å². The van der Waals surface area contributed by atoms with E-state index in [9.17, 15) is 8.42 Å². The molecule has 2 N–H and O–H groups in total. The maximum Gasteiger partial charge on any atom is 0.245 e. The monoisotopic (exact) mass is 214 g/mol. The Kier molecular flexibility index (Phi) is 2.82. The molecule has 0 aliphatic rings. The van der Waals surface area contributed by atoms with Crippen LogP contribution in [-0.2, 0) is 10.0 Å². The summed E-state index contributed by atoms with van der Waals surface area (Å²) in [6.07, 6.45) is 1.08. The predicted octanol–water partition coefficient (Wildman–Crippen LogP) is 0.943. The number of hydrogen-bond donors (Lipinski definition) is 1. The molecule has 0 bridgehead atoms. The van der Waals surface area contributed by atoms with Gasteiger partial charge in [0.05, 0.1) is 11.9 Å². The molecule has 0 aromatic heterocycles. The van der Waals surface area contributed by atoms with E-state index in [1.807, 2.05) is 26.0 Å². The van der Waals surface area contributed by atoms with Crippen LogP contribution in [0.3, 0.4) is 0 Å². The molecule has 0 radical (unpaired) electrons. The number of anilines is 1. The quantitative estimate of drug-likeness (QED) is 0.588. The fourth-order valence-electron chi connectivity index (χ4n) is 1.23. The van der Waals surface area contributed by atoms with Crippen molar-refractivity contribution in [3.63, 3.8) is 0 Å². The molecule has 0 amide bonds. The minimum absolute atomic E-state index is 0.512. The average Bonchev–Trinajstić information content (AvgIpc) is 2.01. The third kappa shape index (κ3) is 2.24. The van der Waals surface area contributed by atoms with E-state index in [1.54, 1.807) is 6.07 Å². The highest BCUT2D eigenvalue weighted by molar-refractivity contribution is 7.92. The van der Waals surface area contributed by atoms with Gasteiger partial charge in [0.25, 0.3) is 0 Å². The van der Waals surface area contributed by atoms with Gasteiger partial charge in [-0.3, -0.25) is 0 Å². The summed E-state index contributed by atoms with van der Waals surface area (Å²) in [5.41, 5.74) is 2.43. The van der Waals surface area contributed by atoms with Crippen molar-refractivity contribution in [3.05, 3.63) is 29.3 Å². The number of hydrazine groups is 1. The summed E-state index contributed by atoms with van der Waals surface area (Å²) in [6, 6.07) is 5.42. The third-order valence-corrected chi connectivity index (χ3v) is 2.86. The summed E-state index contributed by atoms with van der Waals surface area (Å²) >= 11 is 0. The van der Waals surface area contributed by atoms with Gasteiger partial charge in [-0.15, -0.1) is 0 Å². The lowest BCUT2D eigenvalue weighted by molar-refractivity contribution is 0.598. The Morgan fingerprint density at radius 1 is 1.29 bits per heavy atom. The summed E-state index contributed by atoms with van der Waals surface area (Å²) in [6.45, 7) is 3.77. The molecule has 1 rings (SSSR count). The standard InChI is InChI=1S/C9H14N2O2S/c1-7-4-5-9(8(2)6-7)11(10)14(3,12)13/h4-6H,10H2,1-3H3. The SMILES string of the molecule is Cc1ccc(N(N)S(C)(=O)=O)c(C)c1. The lowest BCUT2D eigenvalue weighted by Crippen LogP contribution is -2.36. The van der Waals surface area contributed by atoms with E-state index in [-0.39, 0.29) is 0 Å². The van der Waals surface area contributed by atoms with E-state index < -0.39 is 10.0 Å². The summed E-state index contributed by atoms with van der Waals surface area (Å²) in [5.74, 6) is 5.47. The molecule has 0 saturated heterocycles. The van der Waals surface area contributed by atoms with Gasteiger partial charge in [-0.05, 0) is 25.5 Å². The van der Waals surface area contributed by atoms with E-state index >= 15 is 0 Å². The number of rotatable bonds is 2. The third-order valence-electron chi connectivity index (χ3n) is 1.95. The van der Waals surface area contributed by atoms with Crippen molar-refractivity contribution in [1.29, 1.82) is 0 Å². The second-order valence-electron chi connectivity index (χ2n) is 3.35. The highest BCUT2D eigenvalue weighted by Crippen LogP contribution is 2.20. The van der Waals surface area contributed by atoms with Crippen molar-refractivity contribution in [2.75, 3.05) is 10.7 Å². The molecule has 0 fully saturated rings. The van der Waals surface area contributed by atoms with Crippen LogP contribution in [-0.4, -0.2) is 14.7 Å². The number of nitrogens with zero attached hydrogens (tertiary/aromatic N) is 1. The number of nitrogens with two attached hydrogens (primary N) is 1. The molecule has 4 nitrogen and oxygen atoms in total. The molecule has 78 valence electrons. The topological polar surface area (TPSA) is 63.4 Å². The van der Waals surface area contributed by atoms with Crippen molar-refractivity contribution in [1.82, 2.24) is 0 Å². The molecule has 0 heterocycles. The zero-order valence-electron chi connectivity index (χ0n) is 8.48. The van der Waals surface area contributed by atoms with Crippen molar-refractivity contribution >= 4 is 15.7 Å². The van der Waals surface area contributed by atoms with E-state index in [0.717, 1.165) is 21.8 Å². The molecule has 0 unspecified atom stereocenters. The van der Waals surface area contributed by atoms with Crippen LogP contribution in [0.1, 0.15) is 11.1 Å². The Labute approximate surface area is 84.4 Å². The van der Waals surface area contributed by atoms with Gasteiger partial charge in [-0.25, -0.2) is 18.7 Å². The summed E-state index contributed by atoms with van der Waals surface area (Å²) in [5, 5.41) is 0. The first-order chi connectivity index (χ1) is 6.32. The van der Waals surface area contributed by atoms with Crippen LogP contribution in [0, 0.1) is 13.8 Å². The van der Waals surface area contributed by atoms with Gasteiger partial charge in [0, 0.05) is 0 Å². The van der Waals surface area contributed by atoms with Gasteiger partial charge < -0.3 is 0 Å². The zero-order chi connectivity index (χ0) is 10.9. The second kappa shape index (κ2) is 3.59. The molecule has 0 atom stereocenters. The van der Waals surface area contributed by atoms with Crippen LogP contribution in [0.5, 0.6) is 0 Å². The van der Waals surface area contributed by atoms with Gasteiger partial charge >= 0.3 is 0 Å². The van der Waals surface area contributed by atoms with Gasteiger partial charge in [0.15, 0.2) is 0 Å². The smallest absolute Gasteiger partial charge is 0.233 e. The predicted molar refractivity (Wildman–Crippen MR) is 57.4 cm³/mol. The first kappa shape index (κ1) is 11.0. The molecule has 14 heavy (non-hydrogen) atoms. The molecular weight excluding hydrogens is 200 g/mol. The molecule has 1 aromatic rings. The van der Waals surface area contributed by atoms with E-state index in [4.69, 9.17) is 5.84 Å². The van der Waals surface area contributed by atoms with Gasteiger partial charge in [0.1, 0.15) is 0 Å². The van der Waals surface area contributed by atoms with Crippen LogP contribution < -0.4 is 10.3 Å². The highest BCUT2D eigenvalue weighted by atomic mass is 32.2. The summed E-state index contributed by atoms with van der Waals surface area (Å²) < 4.78 is 23.1. The molecule has 0 saturated carbocycles. The summed E-state index contributed by atoms with van der Waals surface area (Å²) in [4.78, 5) is 0. The van der Waals surface area contributed by atoms with Crippen molar-refractivity contribution < 1.29 is 8.42 Å². The number of aryl methyl sites for hydroxylation is 2. The number of hydrogen-bond acceptors (Lipinski definition) is 3. The maximum atomic E-state index is 11.2. The van der Waals surface area contributed by atoms with E-state index in [2.05, 4.69) is 0 Å². The molecule has 0 aliphatic carbocycles. The van der Waals surface area contributed by atoms with Crippen LogP contribution in [0.15, 0.2) is 18.2 Å². The lowest BCUT2D eigenvalue weighted by atomic mass is 10.1. The Balaban J connectivity index is 3.21. The minimum atomic E-state index is -3.38. The molecule has 1 aromatic carbocycles. The van der Waals surface area contributed by atoms with Crippen molar-refractivity contribution in [3.8, 4) is 0 Å². The van der Waals surface area contributed by atoms with Gasteiger partial charge in [0.2, 0.25) is 10.0 Å². The Morgan fingerprint density at radius 2 is 1.86 bits per heavy atom. The van der Waals surface area contributed by atoms with Crippen molar-refractivity contribution in [2.24, 2.45) is 5.84 Å². The molecular formula is C9H14N2O2S. The maximum absolute atomic E-state index is 11.2. The highest BCUT2D eigenvalue weighted by Gasteiger charge is 2.14. The molecule has 5 heteroatoms. The zero-order valence-corrected chi connectivity index (χ0v) is 9.30. The number of benzene rings is 1. The number of sulfonamides is 1. The normalized spacial score (nSPS) is 11.4. The van der Waals surface area contributed by atoms with Crippen LogP contribution >= 0.6 is 0 Å². The van der Waals surface area contributed by atoms with Crippen molar-refractivity contribution in [2.45, 2.75) is 13.8 Å². The fraction of sp³-hybridized carbons (Fsp3) is 0.333. The second-order valence-corrected chi connectivity index (χ2v) is 5.21. The first-order valence-electron chi connectivity index (χ1n) is 4.14.